The van der Waals surface area contributed by atoms with Crippen LogP contribution in [-0.2, 0) is 11.2 Å². The van der Waals surface area contributed by atoms with E-state index in [1.807, 2.05) is 48.5 Å². The fourth-order valence-corrected chi connectivity index (χ4v) is 4.27. The number of benzene rings is 3. The number of anilines is 1. The van der Waals surface area contributed by atoms with Gasteiger partial charge in [-0.15, -0.1) is 5.10 Å². The van der Waals surface area contributed by atoms with Crippen molar-refractivity contribution in [2.75, 3.05) is 5.32 Å². The van der Waals surface area contributed by atoms with Gasteiger partial charge < -0.3 is 5.32 Å². The summed E-state index contributed by atoms with van der Waals surface area (Å²) in [5, 5.41) is 11.4. The van der Waals surface area contributed by atoms with Crippen molar-refractivity contribution >= 4 is 34.8 Å². The highest BCUT2D eigenvalue weighted by molar-refractivity contribution is 6.31. The van der Waals surface area contributed by atoms with Gasteiger partial charge in [-0.2, -0.15) is 0 Å². The van der Waals surface area contributed by atoms with Crippen LogP contribution in [-0.4, -0.2) is 30.5 Å². The van der Waals surface area contributed by atoms with Gasteiger partial charge in [0.25, 0.3) is 5.56 Å². The molecule has 10 heteroatoms. The van der Waals surface area contributed by atoms with Gasteiger partial charge in [0.1, 0.15) is 6.04 Å². The second-order valence-corrected chi connectivity index (χ2v) is 9.05. The number of nitrogens with zero attached hydrogens (tertiary/aromatic N) is 5. The van der Waals surface area contributed by atoms with Crippen molar-refractivity contribution in [2.24, 2.45) is 0 Å². The molecule has 5 rings (SSSR count). The highest BCUT2D eigenvalue weighted by Crippen LogP contribution is 2.28. The Morgan fingerprint density at radius 1 is 0.946 bits per heavy atom. The summed E-state index contributed by atoms with van der Waals surface area (Å²) >= 11 is 12.2. The normalized spacial score (nSPS) is 11.7. The van der Waals surface area contributed by atoms with Crippen LogP contribution in [0.2, 0.25) is 10.2 Å². The van der Waals surface area contributed by atoms with Crippen LogP contribution in [0.25, 0.3) is 16.9 Å². The van der Waals surface area contributed by atoms with Crippen LogP contribution in [0.3, 0.4) is 0 Å². The van der Waals surface area contributed by atoms with Crippen LogP contribution in [0.5, 0.6) is 0 Å². The van der Waals surface area contributed by atoms with Crippen molar-refractivity contribution in [3.63, 3.8) is 0 Å². The molecule has 37 heavy (non-hydrogen) atoms. The van der Waals surface area contributed by atoms with E-state index in [2.05, 4.69) is 20.6 Å². The smallest absolute Gasteiger partial charge is 0.254 e. The molecule has 0 unspecified atom stereocenters. The lowest BCUT2D eigenvalue weighted by Crippen LogP contribution is -2.34. The SMILES string of the molecule is O=C(Nc1ccccc1)[C@H](Cc1ccccc1)n1cnc(-c2cc(Cl)ccc2-n2cc(Cl)nn2)cc1=O. The fraction of sp³-hybridized carbons (Fsp3) is 0.0741. The number of hydrogen-bond donors (Lipinski definition) is 1. The van der Waals surface area contributed by atoms with Crippen LogP contribution in [0, 0.1) is 0 Å². The molecule has 2 heterocycles. The summed E-state index contributed by atoms with van der Waals surface area (Å²) in [6.45, 7) is 0. The summed E-state index contributed by atoms with van der Waals surface area (Å²) in [5.74, 6) is -0.326. The van der Waals surface area contributed by atoms with Gasteiger partial charge in [-0.25, -0.2) is 9.67 Å². The molecule has 0 bridgehead atoms. The number of para-hydroxylation sites is 1. The number of carbonyl (C=O) groups excluding carboxylic acids is 1. The Morgan fingerprint density at radius 2 is 1.68 bits per heavy atom. The predicted molar refractivity (Wildman–Crippen MR) is 143 cm³/mol. The Balaban J connectivity index is 1.53. The average molecular weight is 531 g/mol. The molecule has 1 amide bonds. The molecular weight excluding hydrogens is 511 g/mol. The third-order valence-electron chi connectivity index (χ3n) is 5.73. The Morgan fingerprint density at radius 3 is 2.35 bits per heavy atom. The molecule has 1 atom stereocenters. The van der Waals surface area contributed by atoms with Gasteiger partial charge >= 0.3 is 0 Å². The maximum atomic E-state index is 13.4. The number of nitrogens with one attached hydrogen (secondary N) is 1. The third kappa shape index (κ3) is 5.61. The second-order valence-electron chi connectivity index (χ2n) is 8.23. The molecule has 0 aliphatic heterocycles. The van der Waals surface area contributed by atoms with Gasteiger partial charge in [0.15, 0.2) is 5.15 Å². The van der Waals surface area contributed by atoms with Crippen LogP contribution in [0.15, 0.2) is 102 Å². The molecule has 0 saturated heterocycles. The summed E-state index contributed by atoms with van der Waals surface area (Å²) in [6.07, 6.45) is 3.23. The van der Waals surface area contributed by atoms with Gasteiger partial charge in [0.05, 0.1) is 23.9 Å². The summed E-state index contributed by atoms with van der Waals surface area (Å²) in [5.41, 5.74) is 2.68. The van der Waals surface area contributed by atoms with Gasteiger partial charge in [-0.3, -0.25) is 14.2 Å². The predicted octanol–water partition coefficient (Wildman–Crippen LogP) is 5.22. The molecule has 2 aromatic heterocycles. The van der Waals surface area contributed by atoms with Crippen LogP contribution in [0.4, 0.5) is 5.69 Å². The molecular formula is C27H20Cl2N6O2. The second kappa shape index (κ2) is 10.8. The van der Waals surface area contributed by atoms with E-state index in [9.17, 15) is 9.59 Å². The summed E-state index contributed by atoms with van der Waals surface area (Å²) < 4.78 is 2.82. The van der Waals surface area contributed by atoms with E-state index in [0.717, 1.165) is 5.56 Å². The number of rotatable bonds is 7. The molecule has 0 aliphatic carbocycles. The summed E-state index contributed by atoms with van der Waals surface area (Å²) in [4.78, 5) is 31.3. The Hall–Kier alpha value is -4.27. The van der Waals surface area contributed by atoms with Crippen molar-refractivity contribution in [3.05, 3.63) is 124 Å². The van der Waals surface area contributed by atoms with E-state index in [1.54, 1.807) is 36.5 Å². The van der Waals surface area contributed by atoms with Crippen molar-refractivity contribution in [1.82, 2.24) is 24.5 Å². The van der Waals surface area contributed by atoms with Gasteiger partial charge in [0.2, 0.25) is 5.91 Å². The van der Waals surface area contributed by atoms with Crippen LogP contribution >= 0.6 is 23.2 Å². The Kier molecular flexibility index (Phi) is 7.11. The van der Waals surface area contributed by atoms with E-state index in [0.29, 0.717) is 34.1 Å². The first kappa shape index (κ1) is 24.4. The van der Waals surface area contributed by atoms with E-state index >= 15 is 0 Å². The lowest BCUT2D eigenvalue weighted by atomic mass is 10.0. The minimum Gasteiger partial charge on any atom is -0.324 e. The molecule has 0 radical (unpaired) electrons. The van der Waals surface area contributed by atoms with Crippen molar-refractivity contribution in [3.8, 4) is 16.9 Å². The quantitative estimate of drug-likeness (QED) is 0.311. The molecule has 8 nitrogen and oxygen atoms in total. The van der Waals surface area contributed by atoms with Crippen molar-refractivity contribution in [1.29, 1.82) is 0 Å². The maximum absolute atomic E-state index is 13.4. The van der Waals surface area contributed by atoms with Gasteiger partial charge in [0, 0.05) is 28.8 Å². The van der Waals surface area contributed by atoms with Crippen LogP contribution < -0.4 is 10.9 Å². The zero-order valence-electron chi connectivity index (χ0n) is 19.3. The zero-order valence-corrected chi connectivity index (χ0v) is 20.8. The molecule has 0 spiro atoms. The number of halogens is 2. The van der Waals surface area contributed by atoms with Crippen LogP contribution in [0.1, 0.15) is 11.6 Å². The molecule has 0 fully saturated rings. The minimum absolute atomic E-state index is 0.220. The number of hydrogen-bond acceptors (Lipinski definition) is 5. The van der Waals surface area contributed by atoms with Crippen molar-refractivity contribution in [2.45, 2.75) is 12.5 Å². The molecule has 3 aromatic carbocycles. The first-order valence-electron chi connectivity index (χ1n) is 11.3. The standard InChI is InChI=1S/C27H20Cl2N6O2/c28-19-11-12-23(35-16-25(29)32-33-35)21(14-19)22-15-26(36)34(17-30-22)24(13-18-7-3-1-4-8-18)27(37)31-20-9-5-2-6-10-20/h1-12,14-17,24H,13H2,(H,31,37)/t24-/m0/s1. The lowest BCUT2D eigenvalue weighted by Gasteiger charge is -2.20. The van der Waals surface area contributed by atoms with Gasteiger partial charge in [-0.05, 0) is 35.9 Å². The number of amides is 1. The summed E-state index contributed by atoms with van der Waals surface area (Å²) in [6, 6.07) is 24.3. The maximum Gasteiger partial charge on any atom is 0.254 e. The number of aromatic nitrogens is 5. The first-order chi connectivity index (χ1) is 18.0. The fourth-order valence-electron chi connectivity index (χ4n) is 3.97. The highest BCUT2D eigenvalue weighted by atomic mass is 35.5. The van der Waals surface area contributed by atoms with Gasteiger partial charge in [-0.1, -0.05) is 76.9 Å². The van der Waals surface area contributed by atoms with Crippen molar-refractivity contribution < 1.29 is 4.79 Å². The molecule has 1 N–H and O–H groups in total. The molecule has 5 aromatic rings. The monoisotopic (exact) mass is 530 g/mol. The van der Waals surface area contributed by atoms with E-state index < -0.39 is 11.6 Å². The largest absolute Gasteiger partial charge is 0.324 e. The van der Waals surface area contributed by atoms with E-state index in [1.165, 1.54) is 21.6 Å². The Labute approximate surface area is 222 Å². The minimum atomic E-state index is -0.829. The highest BCUT2D eigenvalue weighted by Gasteiger charge is 2.23. The average Bonchev–Trinajstić information content (AvgIpc) is 3.34. The summed E-state index contributed by atoms with van der Waals surface area (Å²) in [7, 11) is 0. The number of carbonyl (C=O) groups is 1. The van der Waals surface area contributed by atoms with E-state index in [4.69, 9.17) is 23.2 Å². The lowest BCUT2D eigenvalue weighted by molar-refractivity contribution is -0.119. The first-order valence-corrected chi connectivity index (χ1v) is 12.1. The third-order valence-corrected chi connectivity index (χ3v) is 6.14. The Bertz CT molecular complexity index is 1600. The zero-order chi connectivity index (χ0) is 25.8. The molecule has 0 aliphatic rings. The topological polar surface area (TPSA) is 94.7 Å². The molecule has 0 saturated carbocycles. The van der Waals surface area contributed by atoms with E-state index in [-0.39, 0.29) is 11.1 Å². The molecule has 184 valence electrons.